The van der Waals surface area contributed by atoms with E-state index in [2.05, 4.69) is 4.98 Å². The van der Waals surface area contributed by atoms with E-state index in [1.807, 2.05) is 18.0 Å². The molecule has 1 aromatic heterocycles. The Morgan fingerprint density at radius 1 is 1.18 bits per heavy atom. The lowest BCUT2D eigenvalue weighted by Gasteiger charge is -2.17. The van der Waals surface area contributed by atoms with E-state index in [-0.39, 0.29) is 5.82 Å². The van der Waals surface area contributed by atoms with Crippen LogP contribution in [0, 0.1) is 17.1 Å². The average Bonchev–Trinajstić information content (AvgIpc) is 2.39. The lowest BCUT2D eigenvalue weighted by molar-refractivity contribution is 0.628. The van der Waals surface area contributed by atoms with Crippen LogP contribution >= 0.6 is 0 Å². The van der Waals surface area contributed by atoms with Crippen LogP contribution in [0.2, 0.25) is 0 Å². The number of benzene rings is 1. The summed E-state index contributed by atoms with van der Waals surface area (Å²) in [6.07, 6.45) is 1.51. The van der Waals surface area contributed by atoms with Crippen molar-refractivity contribution in [1.82, 2.24) is 4.98 Å². The number of halogens is 1. The summed E-state index contributed by atoms with van der Waals surface area (Å²) in [7, 11) is 1.83. The molecule has 0 atom stereocenters. The number of anilines is 2. The number of nitriles is 1. The smallest absolute Gasteiger partial charge is 0.132 e. The largest absolute Gasteiger partial charge is 0.329 e. The molecule has 0 N–H and O–H groups in total. The van der Waals surface area contributed by atoms with Gasteiger partial charge in [0.2, 0.25) is 0 Å². The molecule has 2 aromatic rings. The summed E-state index contributed by atoms with van der Waals surface area (Å²) >= 11 is 0. The fourth-order valence-electron chi connectivity index (χ4n) is 1.45. The third-order valence-corrected chi connectivity index (χ3v) is 2.43. The normalized spacial score (nSPS) is 9.71. The molecule has 17 heavy (non-hydrogen) atoms. The number of nitrogens with zero attached hydrogens (tertiary/aromatic N) is 3. The Morgan fingerprint density at radius 2 is 1.88 bits per heavy atom. The number of hydrogen-bond acceptors (Lipinski definition) is 3. The van der Waals surface area contributed by atoms with Crippen LogP contribution in [0.3, 0.4) is 0 Å². The van der Waals surface area contributed by atoms with Crippen molar-refractivity contribution in [3.8, 4) is 6.07 Å². The molecule has 3 nitrogen and oxygen atoms in total. The molecule has 0 unspecified atom stereocenters. The second-order valence-corrected chi connectivity index (χ2v) is 3.55. The van der Waals surface area contributed by atoms with Gasteiger partial charge >= 0.3 is 0 Å². The van der Waals surface area contributed by atoms with Crippen LogP contribution in [0.4, 0.5) is 15.9 Å². The molecule has 2 rings (SSSR count). The van der Waals surface area contributed by atoms with Crippen LogP contribution in [-0.4, -0.2) is 12.0 Å². The fourth-order valence-corrected chi connectivity index (χ4v) is 1.45. The SMILES string of the molecule is CN(c1ccc(F)cc1)c1ccc(C#N)cn1. The fraction of sp³-hybridized carbons (Fsp3) is 0.0769. The molecule has 4 heteroatoms. The molecular formula is C13H10FN3. The Balaban J connectivity index is 2.27. The van der Waals surface area contributed by atoms with E-state index in [4.69, 9.17) is 5.26 Å². The molecular weight excluding hydrogens is 217 g/mol. The van der Waals surface area contributed by atoms with Crippen LogP contribution in [0.5, 0.6) is 0 Å². The van der Waals surface area contributed by atoms with E-state index in [1.165, 1.54) is 18.3 Å². The van der Waals surface area contributed by atoms with E-state index >= 15 is 0 Å². The highest BCUT2D eigenvalue weighted by molar-refractivity contribution is 5.59. The molecule has 1 aromatic carbocycles. The second kappa shape index (κ2) is 4.62. The first-order valence-corrected chi connectivity index (χ1v) is 5.06. The molecule has 84 valence electrons. The first-order chi connectivity index (χ1) is 8.20. The first kappa shape index (κ1) is 11.1. The van der Waals surface area contributed by atoms with Crippen molar-refractivity contribution in [1.29, 1.82) is 5.26 Å². The van der Waals surface area contributed by atoms with E-state index in [1.54, 1.807) is 24.3 Å². The van der Waals surface area contributed by atoms with Crippen LogP contribution < -0.4 is 4.90 Å². The molecule has 0 radical (unpaired) electrons. The van der Waals surface area contributed by atoms with Gasteiger partial charge in [-0.2, -0.15) is 5.26 Å². The Labute approximate surface area is 98.8 Å². The highest BCUT2D eigenvalue weighted by Crippen LogP contribution is 2.21. The minimum atomic E-state index is -0.269. The Hall–Kier alpha value is -2.41. The summed E-state index contributed by atoms with van der Waals surface area (Å²) < 4.78 is 12.8. The molecule has 0 aliphatic heterocycles. The minimum Gasteiger partial charge on any atom is -0.329 e. The number of hydrogen-bond donors (Lipinski definition) is 0. The van der Waals surface area contributed by atoms with E-state index in [0.717, 1.165) is 5.69 Å². The summed E-state index contributed by atoms with van der Waals surface area (Å²) in [5, 5.41) is 8.67. The first-order valence-electron chi connectivity index (χ1n) is 5.06. The molecule has 0 saturated carbocycles. The van der Waals surface area contributed by atoms with Crippen molar-refractivity contribution in [3.05, 3.63) is 54.0 Å². The van der Waals surface area contributed by atoms with Gasteiger partial charge in [-0.3, -0.25) is 0 Å². The monoisotopic (exact) mass is 227 g/mol. The summed E-state index contributed by atoms with van der Waals surface area (Å²) in [5.74, 6) is 0.436. The van der Waals surface area contributed by atoms with Crippen LogP contribution in [0.1, 0.15) is 5.56 Å². The molecule has 0 bridgehead atoms. The predicted octanol–water partition coefficient (Wildman–Crippen LogP) is 2.86. The summed E-state index contributed by atoms with van der Waals surface area (Å²) in [6, 6.07) is 11.6. The molecule has 0 aliphatic carbocycles. The van der Waals surface area contributed by atoms with Gasteiger partial charge in [0.1, 0.15) is 17.7 Å². The van der Waals surface area contributed by atoms with Gasteiger partial charge in [-0.15, -0.1) is 0 Å². The van der Waals surface area contributed by atoms with Crippen molar-refractivity contribution in [3.63, 3.8) is 0 Å². The van der Waals surface area contributed by atoms with Crippen LogP contribution in [0.25, 0.3) is 0 Å². The zero-order chi connectivity index (χ0) is 12.3. The van der Waals surface area contributed by atoms with Gasteiger partial charge in [0.25, 0.3) is 0 Å². The molecule has 0 amide bonds. The standard InChI is InChI=1S/C13H10FN3/c1-17(12-5-3-11(14)4-6-12)13-7-2-10(8-15)9-16-13/h2-7,9H,1H3. The van der Waals surface area contributed by atoms with Gasteiger partial charge in [0.15, 0.2) is 0 Å². The van der Waals surface area contributed by atoms with Crippen molar-refractivity contribution < 1.29 is 4.39 Å². The highest BCUT2D eigenvalue weighted by Gasteiger charge is 2.05. The predicted molar refractivity (Wildman–Crippen MR) is 63.4 cm³/mol. The minimum absolute atomic E-state index is 0.269. The van der Waals surface area contributed by atoms with Gasteiger partial charge in [-0.25, -0.2) is 9.37 Å². The maximum absolute atomic E-state index is 12.8. The van der Waals surface area contributed by atoms with E-state index in [0.29, 0.717) is 11.4 Å². The summed E-state index contributed by atoms with van der Waals surface area (Å²) in [5.41, 5.74) is 1.35. The summed E-state index contributed by atoms with van der Waals surface area (Å²) in [4.78, 5) is 5.98. The lowest BCUT2D eigenvalue weighted by Crippen LogP contribution is -2.10. The van der Waals surface area contributed by atoms with Crippen molar-refractivity contribution in [2.24, 2.45) is 0 Å². The van der Waals surface area contributed by atoms with Gasteiger partial charge in [0, 0.05) is 18.9 Å². The third kappa shape index (κ3) is 2.40. The molecule has 0 spiro atoms. The van der Waals surface area contributed by atoms with Gasteiger partial charge in [-0.1, -0.05) is 0 Å². The number of rotatable bonds is 2. The lowest BCUT2D eigenvalue weighted by atomic mass is 10.2. The average molecular weight is 227 g/mol. The Kier molecular flexibility index (Phi) is 3.01. The highest BCUT2D eigenvalue weighted by atomic mass is 19.1. The molecule has 0 fully saturated rings. The zero-order valence-electron chi connectivity index (χ0n) is 9.26. The van der Waals surface area contributed by atoms with Crippen molar-refractivity contribution in [2.75, 3.05) is 11.9 Å². The van der Waals surface area contributed by atoms with Crippen molar-refractivity contribution in [2.45, 2.75) is 0 Å². The van der Waals surface area contributed by atoms with Gasteiger partial charge in [-0.05, 0) is 36.4 Å². The number of pyridine rings is 1. The van der Waals surface area contributed by atoms with Crippen molar-refractivity contribution >= 4 is 11.5 Å². The van der Waals surface area contributed by atoms with Crippen LogP contribution in [-0.2, 0) is 0 Å². The van der Waals surface area contributed by atoms with Gasteiger partial charge in [0.05, 0.1) is 5.56 Å². The molecule has 0 saturated heterocycles. The number of aromatic nitrogens is 1. The van der Waals surface area contributed by atoms with Crippen LogP contribution in [0.15, 0.2) is 42.6 Å². The molecule has 0 aliphatic rings. The summed E-state index contributed by atoms with van der Waals surface area (Å²) in [6.45, 7) is 0. The second-order valence-electron chi connectivity index (χ2n) is 3.55. The maximum atomic E-state index is 12.8. The molecule has 1 heterocycles. The van der Waals surface area contributed by atoms with E-state index < -0.39 is 0 Å². The Bertz CT molecular complexity index is 540. The van der Waals surface area contributed by atoms with E-state index in [9.17, 15) is 4.39 Å². The van der Waals surface area contributed by atoms with Gasteiger partial charge < -0.3 is 4.90 Å². The topological polar surface area (TPSA) is 39.9 Å². The Morgan fingerprint density at radius 3 is 2.41 bits per heavy atom. The quantitative estimate of drug-likeness (QED) is 0.792. The third-order valence-electron chi connectivity index (χ3n) is 2.43. The zero-order valence-corrected chi connectivity index (χ0v) is 9.26. The maximum Gasteiger partial charge on any atom is 0.132 e.